The molecule has 0 aliphatic carbocycles. The number of hydrogen-bond donors (Lipinski definition) is 2. The molecule has 1 saturated heterocycles. The number of hydrogen-bond acceptors (Lipinski definition) is 5. The van der Waals surface area contributed by atoms with Crippen molar-refractivity contribution in [1.82, 2.24) is 4.98 Å². The van der Waals surface area contributed by atoms with E-state index in [1.54, 1.807) is 6.20 Å². The van der Waals surface area contributed by atoms with Crippen molar-refractivity contribution < 1.29 is 9.53 Å². The smallest absolute Gasteiger partial charge is 0.242 e. The van der Waals surface area contributed by atoms with E-state index in [0.29, 0.717) is 25.4 Å². The van der Waals surface area contributed by atoms with E-state index >= 15 is 0 Å². The first-order chi connectivity index (χ1) is 9.66. The lowest BCUT2D eigenvalue weighted by molar-refractivity contribution is -0.121. The third-order valence-corrected chi connectivity index (χ3v) is 3.51. The van der Waals surface area contributed by atoms with E-state index < -0.39 is 6.04 Å². The highest BCUT2D eigenvalue weighted by Gasteiger charge is 2.28. The van der Waals surface area contributed by atoms with Crippen molar-refractivity contribution in [2.24, 2.45) is 5.73 Å². The SMILES string of the molecule is NC(=O)C1COCCN1c1ccnc2cc(N)ccc12. The molecule has 1 amide bonds. The molecule has 1 aromatic heterocycles. The molecule has 6 nitrogen and oxygen atoms in total. The summed E-state index contributed by atoms with van der Waals surface area (Å²) in [5.41, 5.74) is 13.6. The molecular formula is C14H16N4O2. The summed E-state index contributed by atoms with van der Waals surface area (Å²) in [5, 5.41) is 0.954. The molecule has 20 heavy (non-hydrogen) atoms. The van der Waals surface area contributed by atoms with Crippen LogP contribution < -0.4 is 16.4 Å². The second kappa shape index (κ2) is 4.97. The number of fused-ring (bicyclic) bond motifs is 1. The number of amides is 1. The molecule has 1 aromatic carbocycles. The number of ether oxygens (including phenoxy) is 1. The third kappa shape index (κ3) is 2.14. The Hall–Kier alpha value is -2.34. The number of benzene rings is 1. The second-order valence-electron chi connectivity index (χ2n) is 4.79. The van der Waals surface area contributed by atoms with Gasteiger partial charge in [-0.1, -0.05) is 0 Å². The number of anilines is 2. The van der Waals surface area contributed by atoms with Crippen LogP contribution in [-0.2, 0) is 9.53 Å². The Kier molecular flexibility index (Phi) is 3.15. The summed E-state index contributed by atoms with van der Waals surface area (Å²) in [6, 6.07) is 7.00. The molecule has 4 N–H and O–H groups in total. The summed E-state index contributed by atoms with van der Waals surface area (Å²) in [5.74, 6) is -0.384. The predicted octanol–water partition coefficient (Wildman–Crippen LogP) is 0.508. The quantitative estimate of drug-likeness (QED) is 0.777. The maximum Gasteiger partial charge on any atom is 0.242 e. The van der Waals surface area contributed by atoms with Gasteiger partial charge in [0.25, 0.3) is 0 Å². The average Bonchev–Trinajstić information content (AvgIpc) is 2.46. The summed E-state index contributed by atoms with van der Waals surface area (Å²) >= 11 is 0. The molecule has 0 spiro atoms. The summed E-state index contributed by atoms with van der Waals surface area (Å²) in [6.07, 6.45) is 1.71. The molecule has 1 aliphatic rings. The number of nitrogen functional groups attached to an aromatic ring is 1. The van der Waals surface area contributed by atoms with Gasteiger partial charge in [0.15, 0.2) is 0 Å². The van der Waals surface area contributed by atoms with Gasteiger partial charge in [-0.2, -0.15) is 0 Å². The van der Waals surface area contributed by atoms with Crippen LogP contribution in [0.25, 0.3) is 10.9 Å². The highest BCUT2D eigenvalue weighted by atomic mass is 16.5. The van der Waals surface area contributed by atoms with Gasteiger partial charge in [0.05, 0.1) is 18.7 Å². The van der Waals surface area contributed by atoms with E-state index in [1.807, 2.05) is 29.2 Å². The Morgan fingerprint density at radius 1 is 1.40 bits per heavy atom. The van der Waals surface area contributed by atoms with Gasteiger partial charge < -0.3 is 21.1 Å². The van der Waals surface area contributed by atoms with Crippen LogP contribution in [0.5, 0.6) is 0 Å². The topological polar surface area (TPSA) is 94.5 Å². The van der Waals surface area contributed by atoms with Crippen molar-refractivity contribution in [2.45, 2.75) is 6.04 Å². The van der Waals surface area contributed by atoms with E-state index in [0.717, 1.165) is 16.6 Å². The molecule has 6 heteroatoms. The van der Waals surface area contributed by atoms with Gasteiger partial charge in [-0.3, -0.25) is 9.78 Å². The number of carbonyl (C=O) groups excluding carboxylic acids is 1. The van der Waals surface area contributed by atoms with Crippen LogP contribution in [0, 0.1) is 0 Å². The molecule has 2 aromatic rings. The van der Waals surface area contributed by atoms with E-state index in [1.165, 1.54) is 0 Å². The van der Waals surface area contributed by atoms with Crippen LogP contribution in [0.1, 0.15) is 0 Å². The van der Waals surface area contributed by atoms with Gasteiger partial charge in [-0.15, -0.1) is 0 Å². The standard InChI is InChI=1S/C14H16N4O2/c15-9-1-2-10-11(7-9)17-4-3-12(10)18-5-6-20-8-13(18)14(16)19/h1-4,7,13H,5-6,8,15H2,(H2,16,19). The predicted molar refractivity (Wildman–Crippen MR) is 77.3 cm³/mol. The minimum absolute atomic E-state index is 0.314. The van der Waals surface area contributed by atoms with E-state index in [2.05, 4.69) is 4.98 Å². The lowest BCUT2D eigenvalue weighted by atomic mass is 10.1. The van der Waals surface area contributed by atoms with Gasteiger partial charge in [-0.05, 0) is 24.3 Å². The van der Waals surface area contributed by atoms with Crippen LogP contribution in [0.3, 0.4) is 0 Å². The zero-order valence-corrected chi connectivity index (χ0v) is 11.0. The molecule has 1 fully saturated rings. The number of nitrogens with two attached hydrogens (primary N) is 2. The Bertz CT molecular complexity index is 659. The number of morpholine rings is 1. The van der Waals surface area contributed by atoms with Gasteiger partial charge in [0.1, 0.15) is 6.04 Å². The second-order valence-corrected chi connectivity index (χ2v) is 4.79. The monoisotopic (exact) mass is 272 g/mol. The third-order valence-electron chi connectivity index (χ3n) is 3.51. The largest absolute Gasteiger partial charge is 0.399 e. The van der Waals surface area contributed by atoms with Crippen molar-refractivity contribution in [3.63, 3.8) is 0 Å². The maximum atomic E-state index is 11.6. The van der Waals surface area contributed by atoms with Crippen LogP contribution in [0.15, 0.2) is 30.5 Å². The number of aromatic nitrogens is 1. The zero-order chi connectivity index (χ0) is 14.1. The minimum atomic E-state index is -0.452. The summed E-state index contributed by atoms with van der Waals surface area (Å²) in [7, 11) is 0. The van der Waals surface area contributed by atoms with E-state index in [4.69, 9.17) is 16.2 Å². The van der Waals surface area contributed by atoms with E-state index in [9.17, 15) is 4.79 Å². The van der Waals surface area contributed by atoms with Crippen molar-refractivity contribution in [3.8, 4) is 0 Å². The maximum absolute atomic E-state index is 11.6. The van der Waals surface area contributed by atoms with Gasteiger partial charge in [0.2, 0.25) is 5.91 Å². The van der Waals surface area contributed by atoms with Crippen LogP contribution in [0.4, 0.5) is 11.4 Å². The van der Waals surface area contributed by atoms with Crippen molar-refractivity contribution in [1.29, 1.82) is 0 Å². The molecule has 1 atom stereocenters. The highest BCUT2D eigenvalue weighted by Crippen LogP contribution is 2.29. The number of carbonyl (C=O) groups is 1. The van der Waals surface area contributed by atoms with E-state index in [-0.39, 0.29) is 5.91 Å². The molecule has 0 radical (unpaired) electrons. The Morgan fingerprint density at radius 2 is 2.25 bits per heavy atom. The van der Waals surface area contributed by atoms with Crippen molar-refractivity contribution in [2.75, 3.05) is 30.4 Å². The molecule has 0 saturated carbocycles. The van der Waals surface area contributed by atoms with Crippen LogP contribution >= 0.6 is 0 Å². The zero-order valence-electron chi connectivity index (χ0n) is 11.0. The normalized spacial score (nSPS) is 19.2. The fourth-order valence-electron chi connectivity index (χ4n) is 2.53. The first-order valence-electron chi connectivity index (χ1n) is 6.45. The number of pyridine rings is 1. The molecule has 3 rings (SSSR count). The lowest BCUT2D eigenvalue weighted by Gasteiger charge is -2.35. The number of rotatable bonds is 2. The highest BCUT2D eigenvalue weighted by molar-refractivity contribution is 5.95. The summed E-state index contributed by atoms with van der Waals surface area (Å²) in [4.78, 5) is 17.9. The first-order valence-corrected chi connectivity index (χ1v) is 6.45. The van der Waals surface area contributed by atoms with Crippen LogP contribution in [0.2, 0.25) is 0 Å². The molecule has 1 aliphatic heterocycles. The van der Waals surface area contributed by atoms with Crippen LogP contribution in [-0.4, -0.2) is 36.7 Å². The van der Waals surface area contributed by atoms with Crippen molar-refractivity contribution in [3.05, 3.63) is 30.5 Å². The van der Waals surface area contributed by atoms with Gasteiger partial charge >= 0.3 is 0 Å². The van der Waals surface area contributed by atoms with Crippen molar-refractivity contribution >= 4 is 28.2 Å². The number of primary amides is 1. The van der Waals surface area contributed by atoms with Gasteiger partial charge in [0, 0.05) is 29.5 Å². The first kappa shape index (κ1) is 12.7. The minimum Gasteiger partial charge on any atom is -0.399 e. The summed E-state index contributed by atoms with van der Waals surface area (Å²) in [6.45, 7) is 1.51. The molecule has 0 bridgehead atoms. The van der Waals surface area contributed by atoms with Gasteiger partial charge in [-0.25, -0.2) is 0 Å². The molecule has 1 unspecified atom stereocenters. The lowest BCUT2D eigenvalue weighted by Crippen LogP contribution is -2.52. The fraction of sp³-hybridized carbons (Fsp3) is 0.286. The Morgan fingerprint density at radius 3 is 3.05 bits per heavy atom. The Labute approximate surface area is 116 Å². The summed E-state index contributed by atoms with van der Waals surface area (Å²) < 4.78 is 5.35. The molecule has 2 heterocycles. The molecule has 104 valence electrons. The Balaban J connectivity index is 2.10. The fourth-order valence-corrected chi connectivity index (χ4v) is 2.53. The number of nitrogens with zero attached hydrogens (tertiary/aromatic N) is 2. The molecular weight excluding hydrogens is 256 g/mol. The average molecular weight is 272 g/mol.